The predicted molar refractivity (Wildman–Crippen MR) is 171 cm³/mol. The van der Waals surface area contributed by atoms with Gasteiger partial charge in [-0.2, -0.15) is 0 Å². The minimum Gasteiger partial charge on any atom is -0.455 e. The van der Waals surface area contributed by atoms with Crippen molar-refractivity contribution in [2.75, 3.05) is 0 Å². The Hall–Kier alpha value is -3.39. The number of benzene rings is 4. The summed E-state index contributed by atoms with van der Waals surface area (Å²) in [6.07, 6.45) is 5.37. The van der Waals surface area contributed by atoms with Crippen LogP contribution in [0.5, 0.6) is 11.5 Å². The van der Waals surface area contributed by atoms with Crippen molar-refractivity contribution >= 4 is 32.3 Å². The quantitative estimate of drug-likeness (QED) is 0.160. The highest BCUT2D eigenvalue weighted by molar-refractivity contribution is 6.17. The standard InChI is InChI=1S/C38H44NO/c1-22(2)17-25-13-14-28-30(19-25)24(5)33-36-35-29(15-16-39(36)9)34-26(11-10-12-27(34)21-38(6,7)8)20-32(35)40-37(33)31(28)18-23(3)4/h10-16,19-20,22-23H,17-18,21H2,1-9H3/q+1. The van der Waals surface area contributed by atoms with E-state index < -0.39 is 0 Å². The smallest absolute Gasteiger partial charge is 0.228 e. The predicted octanol–water partition coefficient (Wildman–Crippen LogP) is 10.0. The van der Waals surface area contributed by atoms with Crippen LogP contribution in [0.1, 0.15) is 70.7 Å². The zero-order valence-corrected chi connectivity index (χ0v) is 25.8. The first kappa shape index (κ1) is 26.8. The van der Waals surface area contributed by atoms with Crippen LogP contribution in [-0.4, -0.2) is 0 Å². The zero-order valence-electron chi connectivity index (χ0n) is 25.8. The lowest BCUT2D eigenvalue weighted by molar-refractivity contribution is -0.659. The molecule has 0 unspecified atom stereocenters. The van der Waals surface area contributed by atoms with Gasteiger partial charge < -0.3 is 4.74 Å². The Morgan fingerprint density at radius 3 is 2.27 bits per heavy atom. The highest BCUT2D eigenvalue weighted by atomic mass is 16.5. The van der Waals surface area contributed by atoms with Crippen molar-refractivity contribution in [2.45, 2.75) is 74.7 Å². The Bertz CT molecular complexity index is 1800. The van der Waals surface area contributed by atoms with Crippen molar-refractivity contribution < 1.29 is 9.30 Å². The average molecular weight is 531 g/mol. The van der Waals surface area contributed by atoms with Gasteiger partial charge in [-0.15, -0.1) is 0 Å². The summed E-state index contributed by atoms with van der Waals surface area (Å²) in [4.78, 5) is 0. The average Bonchev–Trinajstić information content (AvgIpc) is 2.86. The minimum atomic E-state index is 0.205. The largest absolute Gasteiger partial charge is 0.455 e. The van der Waals surface area contributed by atoms with E-state index in [9.17, 15) is 0 Å². The number of nitrogens with zero attached hydrogens (tertiary/aromatic N) is 1. The van der Waals surface area contributed by atoms with Gasteiger partial charge in [-0.3, -0.25) is 0 Å². The third-order valence-electron chi connectivity index (χ3n) is 8.42. The summed E-state index contributed by atoms with van der Waals surface area (Å²) < 4.78 is 9.38. The van der Waals surface area contributed by atoms with Gasteiger partial charge in [-0.05, 0) is 87.7 Å². The van der Waals surface area contributed by atoms with Gasteiger partial charge in [0.25, 0.3) is 0 Å². The molecule has 0 saturated carbocycles. The molecule has 40 heavy (non-hydrogen) atoms. The van der Waals surface area contributed by atoms with Crippen molar-refractivity contribution in [3.05, 3.63) is 77.0 Å². The van der Waals surface area contributed by atoms with Crippen LogP contribution in [-0.2, 0) is 26.3 Å². The van der Waals surface area contributed by atoms with E-state index >= 15 is 0 Å². The van der Waals surface area contributed by atoms with E-state index in [2.05, 4.69) is 122 Å². The fraction of sp³-hybridized carbons (Fsp3) is 0.395. The molecule has 0 radical (unpaired) electrons. The first-order valence-electron chi connectivity index (χ1n) is 15.1. The highest BCUT2D eigenvalue weighted by Crippen LogP contribution is 2.52. The molecule has 2 nitrogen and oxygen atoms in total. The maximum absolute atomic E-state index is 7.06. The highest BCUT2D eigenvalue weighted by Gasteiger charge is 2.34. The Morgan fingerprint density at radius 1 is 0.825 bits per heavy atom. The summed E-state index contributed by atoms with van der Waals surface area (Å²) in [5.74, 6) is 3.18. The van der Waals surface area contributed by atoms with Crippen molar-refractivity contribution in [3.63, 3.8) is 0 Å². The van der Waals surface area contributed by atoms with Crippen molar-refractivity contribution in [2.24, 2.45) is 24.3 Å². The number of aryl methyl sites for hydroxylation is 2. The van der Waals surface area contributed by atoms with E-state index in [-0.39, 0.29) is 5.41 Å². The maximum Gasteiger partial charge on any atom is 0.228 e. The van der Waals surface area contributed by atoms with Crippen molar-refractivity contribution in [1.82, 2.24) is 0 Å². The summed E-state index contributed by atoms with van der Waals surface area (Å²) >= 11 is 0. The molecule has 0 fully saturated rings. The molecule has 4 aromatic carbocycles. The lowest BCUT2D eigenvalue weighted by Crippen LogP contribution is -2.32. The van der Waals surface area contributed by atoms with E-state index in [4.69, 9.17) is 4.74 Å². The molecule has 1 aliphatic heterocycles. The molecule has 0 bridgehead atoms. The monoisotopic (exact) mass is 530 g/mol. The number of hydrogen-bond acceptors (Lipinski definition) is 1. The maximum atomic E-state index is 7.06. The van der Waals surface area contributed by atoms with Crippen LogP contribution in [0.25, 0.3) is 43.6 Å². The molecule has 0 saturated heterocycles. The summed E-state index contributed by atoms with van der Waals surface area (Å²) in [5.41, 5.74) is 8.23. The molecule has 5 aromatic rings. The third-order valence-corrected chi connectivity index (χ3v) is 8.42. The van der Waals surface area contributed by atoms with Crippen LogP contribution < -0.4 is 9.30 Å². The zero-order chi connectivity index (χ0) is 28.5. The number of ether oxygens (including phenoxy) is 1. The van der Waals surface area contributed by atoms with Gasteiger partial charge in [-0.1, -0.05) is 84.9 Å². The van der Waals surface area contributed by atoms with Gasteiger partial charge in [0.1, 0.15) is 18.5 Å². The first-order chi connectivity index (χ1) is 18.9. The number of aromatic nitrogens is 1. The molecule has 0 N–H and O–H groups in total. The van der Waals surface area contributed by atoms with Crippen LogP contribution in [0.2, 0.25) is 0 Å². The van der Waals surface area contributed by atoms with E-state index in [1.165, 1.54) is 65.8 Å². The van der Waals surface area contributed by atoms with E-state index in [1.54, 1.807) is 0 Å². The van der Waals surface area contributed by atoms with Crippen molar-refractivity contribution in [3.8, 4) is 22.8 Å². The van der Waals surface area contributed by atoms with Gasteiger partial charge in [0.2, 0.25) is 5.69 Å². The number of fused-ring (bicyclic) bond motifs is 5. The normalized spacial score (nSPS) is 13.1. The molecule has 1 aromatic heterocycles. The van der Waals surface area contributed by atoms with Crippen LogP contribution >= 0.6 is 0 Å². The molecule has 0 atom stereocenters. The topological polar surface area (TPSA) is 13.1 Å². The summed E-state index contributed by atoms with van der Waals surface area (Å²) in [5, 5.41) is 7.86. The summed E-state index contributed by atoms with van der Waals surface area (Å²) in [7, 11) is 2.19. The molecule has 206 valence electrons. The second-order valence-electron chi connectivity index (χ2n) is 14.2. The summed E-state index contributed by atoms with van der Waals surface area (Å²) in [6.45, 7) is 18.5. The number of rotatable bonds is 5. The van der Waals surface area contributed by atoms with Gasteiger partial charge >= 0.3 is 0 Å². The molecular weight excluding hydrogens is 486 g/mol. The van der Waals surface area contributed by atoms with E-state index in [0.29, 0.717) is 11.8 Å². The van der Waals surface area contributed by atoms with Gasteiger partial charge in [-0.25, -0.2) is 4.57 Å². The van der Waals surface area contributed by atoms with Crippen LogP contribution in [0.15, 0.2) is 54.7 Å². The Balaban J connectivity index is 1.73. The SMILES string of the molecule is Cc1c2c(c(CC(C)C)c3ccc(CC(C)C)cc13)Oc1cc3cccc(CC(C)(C)C)c3c3cc[n+](C)c-2c13. The molecule has 2 heterocycles. The molecular formula is C38H44NO+. The van der Waals surface area contributed by atoms with Gasteiger partial charge in [0, 0.05) is 17.0 Å². The Morgan fingerprint density at radius 2 is 1.57 bits per heavy atom. The molecule has 0 aliphatic carbocycles. The lowest BCUT2D eigenvalue weighted by Gasteiger charge is -2.27. The van der Waals surface area contributed by atoms with E-state index in [1.807, 2.05) is 0 Å². The molecule has 0 spiro atoms. The fourth-order valence-corrected chi connectivity index (χ4v) is 6.95. The van der Waals surface area contributed by atoms with Gasteiger partial charge in [0.05, 0.1) is 10.9 Å². The lowest BCUT2D eigenvalue weighted by atomic mass is 9.83. The Labute approximate surface area is 240 Å². The van der Waals surface area contributed by atoms with Crippen LogP contribution in [0, 0.1) is 24.2 Å². The third kappa shape index (κ3) is 4.46. The second kappa shape index (κ2) is 9.61. The van der Waals surface area contributed by atoms with Crippen LogP contribution in [0.3, 0.4) is 0 Å². The fourth-order valence-electron chi connectivity index (χ4n) is 6.95. The molecule has 2 heteroatoms. The Kier molecular flexibility index (Phi) is 6.44. The van der Waals surface area contributed by atoms with Crippen LogP contribution in [0.4, 0.5) is 0 Å². The number of hydrogen-bond donors (Lipinski definition) is 0. The minimum absolute atomic E-state index is 0.205. The second-order valence-corrected chi connectivity index (χ2v) is 14.2. The first-order valence-corrected chi connectivity index (χ1v) is 15.1. The molecule has 6 rings (SSSR count). The van der Waals surface area contributed by atoms with E-state index in [0.717, 1.165) is 30.8 Å². The van der Waals surface area contributed by atoms with Gasteiger partial charge in [0.15, 0.2) is 6.20 Å². The number of pyridine rings is 1. The molecule has 1 aliphatic rings. The summed E-state index contributed by atoms with van der Waals surface area (Å²) in [6, 6.07) is 18.5. The van der Waals surface area contributed by atoms with Crippen molar-refractivity contribution in [1.29, 1.82) is 0 Å². The molecule has 0 amide bonds.